The molecule has 4 aromatic rings. The molecule has 3 heterocycles. The van der Waals surface area contributed by atoms with Crippen molar-refractivity contribution < 1.29 is 9.53 Å². The number of nitrogens with zero attached hydrogens (tertiary/aromatic N) is 5. The molecule has 2 N–H and O–H groups in total. The van der Waals surface area contributed by atoms with Crippen LogP contribution in [0.2, 0.25) is 0 Å². The van der Waals surface area contributed by atoms with E-state index in [9.17, 15) is 4.79 Å². The van der Waals surface area contributed by atoms with E-state index in [1.807, 2.05) is 25.5 Å². The molecule has 0 saturated heterocycles. The molecule has 0 radical (unpaired) electrons. The lowest BCUT2D eigenvalue weighted by Gasteiger charge is -2.19. The van der Waals surface area contributed by atoms with Gasteiger partial charge in [0.05, 0.1) is 11.7 Å². The van der Waals surface area contributed by atoms with E-state index in [0.717, 1.165) is 36.1 Å². The quantitative estimate of drug-likeness (QED) is 0.459. The summed E-state index contributed by atoms with van der Waals surface area (Å²) in [6.45, 7) is 9.54. The minimum atomic E-state index is -0.540. The number of benzene rings is 1. The van der Waals surface area contributed by atoms with Crippen LogP contribution < -0.4 is 10.1 Å². The molecule has 0 unspecified atom stereocenters. The van der Waals surface area contributed by atoms with Gasteiger partial charge in [0, 0.05) is 23.7 Å². The Balaban J connectivity index is 1.71. The number of amides is 1. The summed E-state index contributed by atoms with van der Waals surface area (Å²) >= 11 is 0. The van der Waals surface area contributed by atoms with Crippen molar-refractivity contribution in [3.63, 3.8) is 0 Å². The molecule has 0 aliphatic heterocycles. The van der Waals surface area contributed by atoms with Crippen molar-refractivity contribution >= 4 is 28.2 Å². The fourth-order valence-corrected chi connectivity index (χ4v) is 3.67. The van der Waals surface area contributed by atoms with E-state index in [0.29, 0.717) is 22.6 Å². The number of hydrogen-bond acceptors (Lipinski definition) is 6. The highest BCUT2D eigenvalue weighted by Crippen LogP contribution is 2.30. The first-order valence-corrected chi connectivity index (χ1v) is 11.1. The Labute approximate surface area is 193 Å². The molecule has 0 atom stereocenters. The predicted octanol–water partition coefficient (Wildman–Crippen LogP) is 4.12. The van der Waals surface area contributed by atoms with Crippen LogP contribution in [-0.2, 0) is 6.54 Å². The maximum atomic E-state index is 12.3. The molecule has 0 bridgehead atoms. The van der Waals surface area contributed by atoms with Crippen LogP contribution in [-0.4, -0.2) is 61.9 Å². The minimum Gasteiger partial charge on any atom is -0.406 e. The van der Waals surface area contributed by atoms with Crippen molar-refractivity contribution in [2.24, 2.45) is 0 Å². The summed E-state index contributed by atoms with van der Waals surface area (Å²) < 4.78 is 7.54. The van der Waals surface area contributed by atoms with E-state index in [-0.39, 0.29) is 0 Å². The number of carbonyl (C=O) groups is 1. The first kappa shape index (κ1) is 22.7. The third-order valence-electron chi connectivity index (χ3n) is 5.15. The third-order valence-corrected chi connectivity index (χ3v) is 5.15. The predicted molar refractivity (Wildman–Crippen MR) is 129 cm³/mol. The van der Waals surface area contributed by atoms with Crippen molar-refractivity contribution in [2.75, 3.05) is 20.6 Å². The Morgan fingerprint density at radius 1 is 1.27 bits per heavy atom. The Kier molecular flexibility index (Phi) is 6.07. The van der Waals surface area contributed by atoms with Crippen LogP contribution in [0.25, 0.3) is 33.5 Å². The van der Waals surface area contributed by atoms with Crippen molar-refractivity contribution in [3.8, 4) is 17.1 Å². The molecular formula is C24H31N7O2. The van der Waals surface area contributed by atoms with Crippen LogP contribution in [0.15, 0.2) is 30.6 Å². The highest BCUT2D eigenvalue weighted by atomic mass is 16.6. The summed E-state index contributed by atoms with van der Waals surface area (Å²) in [6, 6.07) is 6.30. The van der Waals surface area contributed by atoms with Gasteiger partial charge in [-0.1, -0.05) is 12.1 Å². The largest absolute Gasteiger partial charge is 0.413 e. The van der Waals surface area contributed by atoms with Gasteiger partial charge in [-0.05, 0) is 66.4 Å². The number of H-pyrrole nitrogens is 1. The van der Waals surface area contributed by atoms with Gasteiger partial charge in [0.1, 0.15) is 11.4 Å². The van der Waals surface area contributed by atoms with Gasteiger partial charge in [-0.15, -0.1) is 0 Å². The number of aromatic nitrogens is 5. The normalized spacial score (nSPS) is 12.1. The summed E-state index contributed by atoms with van der Waals surface area (Å²) in [4.78, 5) is 26.7. The van der Waals surface area contributed by atoms with Gasteiger partial charge in [0.15, 0.2) is 16.9 Å². The first-order valence-electron chi connectivity index (χ1n) is 11.1. The maximum absolute atomic E-state index is 12.3. The van der Waals surface area contributed by atoms with E-state index in [4.69, 9.17) is 14.8 Å². The number of nitrogens with one attached hydrogen (secondary N) is 2. The number of fused-ring (bicyclic) bond motifs is 2. The molecule has 0 aliphatic rings. The number of aryl methyl sites for hydroxylation is 2. The molecule has 0 spiro atoms. The van der Waals surface area contributed by atoms with E-state index >= 15 is 0 Å². The summed E-state index contributed by atoms with van der Waals surface area (Å²) in [5.41, 5.74) is 4.26. The number of carbonyl (C=O) groups excluding carboxylic acids is 1. The lowest BCUT2D eigenvalue weighted by molar-refractivity contribution is 0.191. The standard InChI is InChI=1S/C24H31N7O2/c1-15-8-9-16-18(12-15)31(11-7-10-30(5)6)29-20(16)17-13-25-22-21(27-17)19(14-26-22)33-23(32)28-24(2,3)4/h8-9,12-14H,7,10-11H2,1-6H3,(H,25,26)(H,28,32). The van der Waals surface area contributed by atoms with Gasteiger partial charge in [-0.25, -0.2) is 14.8 Å². The zero-order valence-corrected chi connectivity index (χ0v) is 20.1. The molecule has 174 valence electrons. The second-order valence-electron chi connectivity index (χ2n) is 9.62. The molecule has 0 saturated carbocycles. The molecule has 1 amide bonds. The van der Waals surface area contributed by atoms with Gasteiger partial charge in [0.2, 0.25) is 0 Å². The van der Waals surface area contributed by atoms with Crippen LogP contribution in [0.3, 0.4) is 0 Å². The molecular weight excluding hydrogens is 418 g/mol. The van der Waals surface area contributed by atoms with Gasteiger partial charge in [-0.2, -0.15) is 5.10 Å². The van der Waals surface area contributed by atoms with E-state index in [2.05, 4.69) is 59.4 Å². The molecule has 4 rings (SSSR count). The highest BCUT2D eigenvalue weighted by molar-refractivity contribution is 5.94. The molecule has 33 heavy (non-hydrogen) atoms. The second-order valence-corrected chi connectivity index (χ2v) is 9.62. The minimum absolute atomic E-state index is 0.326. The lowest BCUT2D eigenvalue weighted by atomic mass is 10.1. The Hall–Kier alpha value is -3.46. The number of hydrogen-bond donors (Lipinski definition) is 2. The van der Waals surface area contributed by atoms with Crippen LogP contribution in [0.5, 0.6) is 5.75 Å². The van der Waals surface area contributed by atoms with Crippen molar-refractivity contribution in [1.82, 2.24) is 34.9 Å². The summed E-state index contributed by atoms with van der Waals surface area (Å²) in [7, 11) is 4.14. The first-order chi connectivity index (χ1) is 15.6. The lowest BCUT2D eigenvalue weighted by Crippen LogP contribution is -2.42. The zero-order chi connectivity index (χ0) is 23.8. The number of ether oxygens (including phenoxy) is 1. The topological polar surface area (TPSA) is 101 Å². The Bertz CT molecular complexity index is 1300. The molecule has 0 fully saturated rings. The zero-order valence-electron chi connectivity index (χ0n) is 20.1. The van der Waals surface area contributed by atoms with E-state index in [1.165, 1.54) is 5.56 Å². The van der Waals surface area contributed by atoms with Crippen LogP contribution >= 0.6 is 0 Å². The Morgan fingerprint density at radius 3 is 2.79 bits per heavy atom. The van der Waals surface area contributed by atoms with Crippen molar-refractivity contribution in [2.45, 2.75) is 46.2 Å². The molecule has 0 aliphatic carbocycles. The van der Waals surface area contributed by atoms with E-state index in [1.54, 1.807) is 12.4 Å². The number of rotatable bonds is 6. The van der Waals surface area contributed by atoms with E-state index < -0.39 is 11.6 Å². The van der Waals surface area contributed by atoms with Crippen molar-refractivity contribution in [1.29, 1.82) is 0 Å². The summed E-state index contributed by atoms with van der Waals surface area (Å²) in [6.07, 6.45) is 3.74. The van der Waals surface area contributed by atoms with Gasteiger partial charge < -0.3 is 19.9 Å². The fourth-order valence-electron chi connectivity index (χ4n) is 3.67. The van der Waals surface area contributed by atoms with Gasteiger partial charge in [0.25, 0.3) is 0 Å². The van der Waals surface area contributed by atoms with Gasteiger partial charge >= 0.3 is 6.09 Å². The maximum Gasteiger partial charge on any atom is 0.413 e. The third kappa shape index (κ3) is 5.14. The van der Waals surface area contributed by atoms with Gasteiger partial charge in [-0.3, -0.25) is 4.68 Å². The van der Waals surface area contributed by atoms with Crippen LogP contribution in [0.1, 0.15) is 32.8 Å². The molecule has 3 aromatic heterocycles. The molecule has 1 aromatic carbocycles. The number of aromatic amines is 1. The summed E-state index contributed by atoms with van der Waals surface area (Å²) in [5, 5.41) is 8.70. The Morgan fingerprint density at radius 2 is 2.06 bits per heavy atom. The highest BCUT2D eigenvalue weighted by Gasteiger charge is 2.20. The average molecular weight is 450 g/mol. The van der Waals surface area contributed by atoms with Crippen LogP contribution in [0, 0.1) is 6.92 Å². The molecule has 9 nitrogen and oxygen atoms in total. The fraction of sp³-hybridized carbons (Fsp3) is 0.417. The summed E-state index contributed by atoms with van der Waals surface area (Å²) in [5.74, 6) is 0.326. The average Bonchev–Trinajstić information content (AvgIpc) is 3.27. The SMILES string of the molecule is Cc1ccc2c(-c3cnc4[nH]cc(OC(=O)NC(C)(C)C)c4n3)nn(CCCN(C)C)c2c1. The van der Waals surface area contributed by atoms with Crippen molar-refractivity contribution in [3.05, 3.63) is 36.2 Å². The smallest absolute Gasteiger partial charge is 0.406 e. The molecule has 9 heteroatoms. The van der Waals surface area contributed by atoms with Crippen LogP contribution in [0.4, 0.5) is 4.79 Å². The monoisotopic (exact) mass is 449 g/mol. The second kappa shape index (κ2) is 8.82.